The number of benzene rings is 1. The number of rotatable bonds is 5. The lowest BCUT2D eigenvalue weighted by Gasteiger charge is -2.19. The molecule has 2 atom stereocenters. The highest BCUT2D eigenvalue weighted by molar-refractivity contribution is 5.84. The molecule has 0 aliphatic carbocycles. The summed E-state index contributed by atoms with van der Waals surface area (Å²) in [7, 11) is 0. The van der Waals surface area contributed by atoms with E-state index in [2.05, 4.69) is 10.6 Å². The Bertz CT molecular complexity index is 420. The van der Waals surface area contributed by atoms with Crippen molar-refractivity contribution >= 4 is 11.6 Å². The molecule has 1 aromatic rings. The Balaban J connectivity index is 2.67. The summed E-state index contributed by atoms with van der Waals surface area (Å²) in [5.74, 6) is -0.345. The first-order valence-corrected chi connectivity index (χ1v) is 6.27. The zero-order chi connectivity index (χ0) is 13.7. The molecule has 0 spiro atoms. The smallest absolute Gasteiger partial charge is 0.242 e. The zero-order valence-corrected chi connectivity index (χ0v) is 11.4. The van der Waals surface area contributed by atoms with E-state index in [9.17, 15) is 9.18 Å². The molecule has 0 saturated carbocycles. The number of amides is 1. The summed E-state index contributed by atoms with van der Waals surface area (Å²) in [6.45, 7) is 7.43. The van der Waals surface area contributed by atoms with Gasteiger partial charge in [-0.05, 0) is 39.3 Å². The van der Waals surface area contributed by atoms with E-state index in [0.717, 1.165) is 6.42 Å². The zero-order valence-electron chi connectivity index (χ0n) is 11.4. The van der Waals surface area contributed by atoms with Crippen molar-refractivity contribution in [2.75, 3.05) is 5.32 Å². The summed E-state index contributed by atoms with van der Waals surface area (Å²) in [5, 5.41) is 5.92. The van der Waals surface area contributed by atoms with Gasteiger partial charge in [-0.25, -0.2) is 4.39 Å². The van der Waals surface area contributed by atoms with E-state index >= 15 is 0 Å². The van der Waals surface area contributed by atoms with Crippen LogP contribution in [0.25, 0.3) is 0 Å². The molecular weight excluding hydrogens is 231 g/mol. The van der Waals surface area contributed by atoms with Crippen LogP contribution in [0.4, 0.5) is 10.1 Å². The molecule has 4 heteroatoms. The van der Waals surface area contributed by atoms with Crippen molar-refractivity contribution in [3.05, 3.63) is 29.6 Å². The summed E-state index contributed by atoms with van der Waals surface area (Å²) in [6, 6.07) is 4.56. The van der Waals surface area contributed by atoms with Crippen molar-refractivity contribution < 1.29 is 9.18 Å². The number of hydrogen-bond acceptors (Lipinski definition) is 2. The van der Waals surface area contributed by atoms with Crippen LogP contribution < -0.4 is 10.6 Å². The molecule has 18 heavy (non-hydrogen) atoms. The summed E-state index contributed by atoms with van der Waals surface area (Å²) < 4.78 is 13.4. The van der Waals surface area contributed by atoms with Crippen LogP contribution >= 0.6 is 0 Å². The first-order valence-electron chi connectivity index (χ1n) is 6.27. The number of nitrogens with one attached hydrogen (secondary N) is 2. The van der Waals surface area contributed by atoms with Crippen LogP contribution in [0.1, 0.15) is 32.8 Å². The van der Waals surface area contributed by atoms with Gasteiger partial charge < -0.3 is 10.6 Å². The Morgan fingerprint density at radius 1 is 1.39 bits per heavy atom. The van der Waals surface area contributed by atoms with Crippen molar-refractivity contribution in [3.8, 4) is 0 Å². The van der Waals surface area contributed by atoms with Crippen LogP contribution in [-0.2, 0) is 4.79 Å². The van der Waals surface area contributed by atoms with E-state index in [1.807, 2.05) is 13.8 Å². The lowest BCUT2D eigenvalue weighted by Crippen LogP contribution is -2.42. The molecule has 2 N–H and O–H groups in total. The fourth-order valence-electron chi connectivity index (χ4n) is 1.53. The van der Waals surface area contributed by atoms with Crippen molar-refractivity contribution in [3.63, 3.8) is 0 Å². The normalized spacial score (nSPS) is 13.8. The highest BCUT2D eigenvalue weighted by Crippen LogP contribution is 2.18. The van der Waals surface area contributed by atoms with Crippen LogP contribution in [-0.4, -0.2) is 18.0 Å². The van der Waals surface area contributed by atoms with Crippen LogP contribution in [0.2, 0.25) is 0 Å². The molecule has 1 amide bonds. The van der Waals surface area contributed by atoms with E-state index < -0.39 is 0 Å². The van der Waals surface area contributed by atoms with Crippen LogP contribution in [0.3, 0.4) is 0 Å². The van der Waals surface area contributed by atoms with Gasteiger partial charge >= 0.3 is 0 Å². The maximum Gasteiger partial charge on any atom is 0.242 e. The van der Waals surface area contributed by atoms with E-state index in [-0.39, 0.29) is 23.8 Å². The summed E-state index contributed by atoms with van der Waals surface area (Å²) in [5.41, 5.74) is 1.18. The summed E-state index contributed by atoms with van der Waals surface area (Å²) in [4.78, 5) is 11.8. The molecule has 3 nitrogen and oxygen atoms in total. The molecule has 0 aliphatic rings. The van der Waals surface area contributed by atoms with Gasteiger partial charge in [-0.3, -0.25) is 4.79 Å². The van der Waals surface area contributed by atoms with Crippen molar-refractivity contribution in [2.45, 2.75) is 46.2 Å². The minimum Gasteiger partial charge on any atom is -0.374 e. The quantitative estimate of drug-likeness (QED) is 0.846. The van der Waals surface area contributed by atoms with Gasteiger partial charge in [0.15, 0.2) is 0 Å². The van der Waals surface area contributed by atoms with E-state index in [0.29, 0.717) is 11.3 Å². The van der Waals surface area contributed by atoms with Gasteiger partial charge in [0, 0.05) is 17.3 Å². The van der Waals surface area contributed by atoms with Gasteiger partial charge in [0.2, 0.25) is 5.91 Å². The molecule has 0 aliphatic heterocycles. The van der Waals surface area contributed by atoms with Gasteiger partial charge in [0.25, 0.3) is 0 Å². The predicted molar refractivity (Wildman–Crippen MR) is 72.1 cm³/mol. The first-order chi connectivity index (χ1) is 8.45. The van der Waals surface area contributed by atoms with Crippen molar-refractivity contribution in [2.24, 2.45) is 0 Å². The molecule has 1 rings (SSSR count). The number of carbonyl (C=O) groups excluding carboxylic acids is 1. The third-order valence-electron chi connectivity index (χ3n) is 3.03. The number of hydrogen-bond donors (Lipinski definition) is 2. The fourth-order valence-corrected chi connectivity index (χ4v) is 1.53. The first kappa shape index (κ1) is 14.5. The van der Waals surface area contributed by atoms with E-state index in [1.165, 1.54) is 6.07 Å². The lowest BCUT2D eigenvalue weighted by molar-refractivity contribution is -0.122. The van der Waals surface area contributed by atoms with Crippen molar-refractivity contribution in [1.29, 1.82) is 0 Å². The Morgan fingerprint density at radius 2 is 2.06 bits per heavy atom. The predicted octanol–water partition coefficient (Wildman–Crippen LogP) is 2.85. The SMILES string of the molecule is CCC(C)NC(=O)C(C)Nc1cccc(F)c1C. The minimum absolute atomic E-state index is 0.0759. The number of carbonyl (C=O) groups is 1. The summed E-state index contributed by atoms with van der Waals surface area (Å²) in [6.07, 6.45) is 0.886. The Labute approximate surface area is 108 Å². The third-order valence-corrected chi connectivity index (χ3v) is 3.03. The van der Waals surface area contributed by atoms with Gasteiger partial charge in [-0.1, -0.05) is 13.0 Å². The molecule has 100 valence electrons. The molecule has 0 radical (unpaired) electrons. The second-order valence-corrected chi connectivity index (χ2v) is 4.60. The molecular formula is C14H21FN2O. The lowest BCUT2D eigenvalue weighted by atomic mass is 10.1. The topological polar surface area (TPSA) is 41.1 Å². The number of halogens is 1. The molecule has 0 bridgehead atoms. The van der Waals surface area contributed by atoms with E-state index in [1.54, 1.807) is 26.0 Å². The molecule has 2 unspecified atom stereocenters. The standard InChI is InChI=1S/C14H21FN2O/c1-5-9(2)16-14(18)11(4)17-13-8-6-7-12(15)10(13)3/h6-9,11,17H,5H2,1-4H3,(H,16,18). The average Bonchev–Trinajstić information content (AvgIpc) is 2.34. The minimum atomic E-state index is -0.389. The molecule has 1 aromatic carbocycles. The van der Waals surface area contributed by atoms with E-state index in [4.69, 9.17) is 0 Å². The highest BCUT2D eigenvalue weighted by Gasteiger charge is 2.15. The maximum absolute atomic E-state index is 13.4. The number of anilines is 1. The Morgan fingerprint density at radius 3 is 2.67 bits per heavy atom. The maximum atomic E-state index is 13.4. The Kier molecular flexibility index (Phi) is 5.13. The van der Waals surface area contributed by atoms with Gasteiger partial charge in [-0.15, -0.1) is 0 Å². The second-order valence-electron chi connectivity index (χ2n) is 4.60. The third kappa shape index (κ3) is 3.72. The van der Waals surface area contributed by atoms with Crippen LogP contribution in [0.5, 0.6) is 0 Å². The molecule has 0 saturated heterocycles. The highest BCUT2D eigenvalue weighted by atomic mass is 19.1. The Hall–Kier alpha value is -1.58. The second kappa shape index (κ2) is 6.38. The monoisotopic (exact) mass is 252 g/mol. The van der Waals surface area contributed by atoms with Gasteiger partial charge in [0.1, 0.15) is 11.9 Å². The van der Waals surface area contributed by atoms with Crippen molar-refractivity contribution in [1.82, 2.24) is 5.32 Å². The molecule has 0 heterocycles. The molecule has 0 fully saturated rings. The van der Waals surface area contributed by atoms with Gasteiger partial charge in [-0.2, -0.15) is 0 Å². The summed E-state index contributed by atoms with van der Waals surface area (Å²) >= 11 is 0. The average molecular weight is 252 g/mol. The molecule has 0 aromatic heterocycles. The largest absolute Gasteiger partial charge is 0.374 e. The van der Waals surface area contributed by atoms with Crippen LogP contribution in [0.15, 0.2) is 18.2 Å². The fraction of sp³-hybridized carbons (Fsp3) is 0.500. The van der Waals surface area contributed by atoms with Crippen LogP contribution in [0, 0.1) is 12.7 Å². The van der Waals surface area contributed by atoms with Gasteiger partial charge in [0.05, 0.1) is 0 Å².